The third kappa shape index (κ3) is 5.30. The zero-order valence-electron chi connectivity index (χ0n) is 12.5. The summed E-state index contributed by atoms with van der Waals surface area (Å²) in [5.74, 6) is -0.342. The normalized spacial score (nSPS) is 18.0. The highest BCUT2D eigenvalue weighted by Crippen LogP contribution is 2.20. The molecule has 0 bridgehead atoms. The predicted molar refractivity (Wildman–Crippen MR) is 88.1 cm³/mol. The Morgan fingerprint density at radius 1 is 1.36 bits per heavy atom. The van der Waals surface area contributed by atoms with Crippen molar-refractivity contribution in [1.29, 1.82) is 0 Å². The zero-order valence-corrected chi connectivity index (χ0v) is 14.1. The number of carbonyl (C=O) groups is 2. The number of nitrogens with one attached hydrogen (secondary N) is 1. The second kappa shape index (κ2) is 8.13. The van der Waals surface area contributed by atoms with Gasteiger partial charge in [-0.1, -0.05) is 40.2 Å². The Kier molecular flexibility index (Phi) is 6.19. The van der Waals surface area contributed by atoms with Crippen LogP contribution in [0.4, 0.5) is 0 Å². The van der Waals surface area contributed by atoms with Crippen molar-refractivity contribution in [3.05, 3.63) is 46.5 Å². The van der Waals surface area contributed by atoms with Crippen LogP contribution in [0.25, 0.3) is 0 Å². The topological polar surface area (TPSA) is 55.4 Å². The van der Waals surface area contributed by atoms with Crippen LogP contribution in [0.3, 0.4) is 0 Å². The van der Waals surface area contributed by atoms with Crippen molar-refractivity contribution >= 4 is 27.8 Å². The molecule has 4 nitrogen and oxygen atoms in total. The van der Waals surface area contributed by atoms with Crippen molar-refractivity contribution in [1.82, 2.24) is 5.32 Å². The molecule has 0 aliphatic heterocycles. The molecular weight excluding hydrogens is 346 g/mol. The summed E-state index contributed by atoms with van der Waals surface area (Å²) in [7, 11) is 0. The molecule has 1 aromatic rings. The molecule has 0 saturated carbocycles. The van der Waals surface area contributed by atoms with Gasteiger partial charge >= 0.3 is 5.97 Å². The molecule has 0 aromatic heterocycles. The van der Waals surface area contributed by atoms with Gasteiger partial charge in [0.25, 0.3) is 5.91 Å². The Bertz CT molecular complexity index is 554. The fourth-order valence-corrected chi connectivity index (χ4v) is 2.67. The minimum atomic E-state index is -0.317. The molecule has 0 saturated heterocycles. The molecule has 22 heavy (non-hydrogen) atoms. The summed E-state index contributed by atoms with van der Waals surface area (Å²) in [4.78, 5) is 23.5. The van der Waals surface area contributed by atoms with Gasteiger partial charge < -0.3 is 10.1 Å². The van der Waals surface area contributed by atoms with Gasteiger partial charge in [-0.3, -0.25) is 9.59 Å². The second-order valence-corrected chi connectivity index (χ2v) is 6.39. The summed E-state index contributed by atoms with van der Waals surface area (Å²) in [6.07, 6.45) is 6.47. The highest BCUT2D eigenvalue weighted by Gasteiger charge is 2.16. The first-order chi connectivity index (χ1) is 10.5. The number of esters is 1. The lowest BCUT2D eigenvalue weighted by molar-refractivity contribution is -0.149. The standard InChI is InChI=1S/C17H20BrNO3/c1-12(14-6-8-15(18)9-7-14)19-16(20)11-22-17(21)10-13-4-2-3-5-13/h2,4,6-9,12-13H,3,5,10-11H2,1H3,(H,19,20)/t12-,13+/m1/s1. The Morgan fingerprint density at radius 2 is 2.09 bits per heavy atom. The van der Waals surface area contributed by atoms with Crippen LogP contribution >= 0.6 is 15.9 Å². The molecule has 1 aliphatic carbocycles. The van der Waals surface area contributed by atoms with E-state index in [1.165, 1.54) is 0 Å². The van der Waals surface area contributed by atoms with Gasteiger partial charge in [0.15, 0.2) is 6.61 Å². The second-order valence-electron chi connectivity index (χ2n) is 5.47. The number of ether oxygens (including phenoxy) is 1. The number of hydrogen-bond acceptors (Lipinski definition) is 3. The summed E-state index contributed by atoms with van der Waals surface area (Å²) in [5.41, 5.74) is 0.999. The first-order valence-electron chi connectivity index (χ1n) is 7.41. The first kappa shape index (κ1) is 16.7. The lowest BCUT2D eigenvalue weighted by Crippen LogP contribution is -2.31. The fourth-order valence-electron chi connectivity index (χ4n) is 2.40. The van der Waals surface area contributed by atoms with Gasteiger partial charge in [-0.25, -0.2) is 0 Å². The van der Waals surface area contributed by atoms with Crippen molar-refractivity contribution in [2.45, 2.75) is 32.2 Å². The van der Waals surface area contributed by atoms with Crippen molar-refractivity contribution in [3.8, 4) is 0 Å². The van der Waals surface area contributed by atoms with Gasteiger partial charge in [0, 0.05) is 4.47 Å². The summed E-state index contributed by atoms with van der Waals surface area (Å²) in [6.45, 7) is 1.67. The lowest BCUT2D eigenvalue weighted by Gasteiger charge is -2.15. The smallest absolute Gasteiger partial charge is 0.306 e. The van der Waals surface area contributed by atoms with E-state index in [2.05, 4.69) is 27.3 Å². The maximum absolute atomic E-state index is 11.8. The number of halogens is 1. The molecule has 1 aromatic carbocycles. The van der Waals surface area contributed by atoms with Gasteiger partial charge in [0.2, 0.25) is 0 Å². The SMILES string of the molecule is C[C@@H](NC(=O)COC(=O)C[C@H]1C=CCC1)c1ccc(Br)cc1. The number of carbonyl (C=O) groups excluding carboxylic acids is 2. The van der Waals surface area contributed by atoms with Gasteiger partial charge in [-0.2, -0.15) is 0 Å². The Labute approximate surface area is 139 Å². The van der Waals surface area contributed by atoms with Crippen LogP contribution in [-0.2, 0) is 14.3 Å². The maximum Gasteiger partial charge on any atom is 0.306 e. The van der Waals surface area contributed by atoms with Crippen LogP contribution in [0.1, 0.15) is 37.8 Å². The number of hydrogen-bond donors (Lipinski definition) is 1. The number of allylic oxidation sites excluding steroid dienone is 2. The Balaban J connectivity index is 1.71. The molecule has 5 heteroatoms. The van der Waals surface area contributed by atoms with E-state index >= 15 is 0 Å². The van der Waals surface area contributed by atoms with Gasteiger partial charge in [0.1, 0.15) is 0 Å². The number of rotatable bonds is 6. The minimum absolute atomic E-state index is 0.128. The van der Waals surface area contributed by atoms with E-state index in [0.717, 1.165) is 22.9 Å². The summed E-state index contributed by atoms with van der Waals surface area (Å²) in [5, 5.41) is 2.82. The summed E-state index contributed by atoms with van der Waals surface area (Å²) >= 11 is 3.37. The maximum atomic E-state index is 11.8. The molecule has 1 N–H and O–H groups in total. The Morgan fingerprint density at radius 3 is 2.73 bits per heavy atom. The average Bonchev–Trinajstić information content (AvgIpc) is 2.98. The van der Waals surface area contributed by atoms with Crippen molar-refractivity contribution in [2.24, 2.45) is 5.92 Å². The van der Waals surface area contributed by atoms with Crippen LogP contribution < -0.4 is 5.32 Å². The van der Waals surface area contributed by atoms with E-state index in [4.69, 9.17) is 4.74 Å². The molecule has 0 unspecified atom stereocenters. The molecule has 0 radical (unpaired) electrons. The van der Waals surface area contributed by atoms with Crippen molar-refractivity contribution < 1.29 is 14.3 Å². The summed E-state index contributed by atoms with van der Waals surface area (Å²) < 4.78 is 6.02. The molecular formula is C17H20BrNO3. The van der Waals surface area contributed by atoms with E-state index < -0.39 is 0 Å². The largest absolute Gasteiger partial charge is 0.456 e. The zero-order chi connectivity index (χ0) is 15.9. The van der Waals surface area contributed by atoms with Gasteiger partial charge in [-0.15, -0.1) is 0 Å². The third-order valence-corrected chi connectivity index (χ3v) is 4.18. The first-order valence-corrected chi connectivity index (χ1v) is 8.21. The van der Waals surface area contributed by atoms with Gasteiger partial charge in [-0.05, 0) is 43.4 Å². The molecule has 1 amide bonds. The van der Waals surface area contributed by atoms with Crippen LogP contribution in [0.2, 0.25) is 0 Å². The molecule has 1 aliphatic rings. The monoisotopic (exact) mass is 365 g/mol. The highest BCUT2D eigenvalue weighted by molar-refractivity contribution is 9.10. The van der Waals surface area contributed by atoms with E-state index in [1.807, 2.05) is 37.3 Å². The van der Waals surface area contributed by atoms with Crippen molar-refractivity contribution in [2.75, 3.05) is 6.61 Å². The molecule has 118 valence electrons. The number of benzene rings is 1. The summed E-state index contributed by atoms with van der Waals surface area (Å²) in [6, 6.07) is 7.60. The molecule has 2 rings (SSSR count). The predicted octanol–water partition coefficient (Wildman–Crippen LogP) is 3.53. The van der Waals surface area contributed by atoms with Crippen molar-refractivity contribution in [3.63, 3.8) is 0 Å². The van der Waals surface area contributed by atoms with E-state index in [0.29, 0.717) is 6.42 Å². The van der Waals surface area contributed by atoms with Crippen LogP contribution in [0.15, 0.2) is 40.9 Å². The van der Waals surface area contributed by atoms with Crippen LogP contribution in [0, 0.1) is 5.92 Å². The molecule has 0 fully saturated rings. The molecule has 0 heterocycles. The fraction of sp³-hybridized carbons (Fsp3) is 0.412. The molecule has 0 spiro atoms. The van der Waals surface area contributed by atoms with E-state index in [9.17, 15) is 9.59 Å². The third-order valence-electron chi connectivity index (χ3n) is 3.65. The van der Waals surface area contributed by atoms with Gasteiger partial charge in [0.05, 0.1) is 12.5 Å². The average molecular weight is 366 g/mol. The minimum Gasteiger partial charge on any atom is -0.456 e. The highest BCUT2D eigenvalue weighted by atomic mass is 79.9. The molecule has 2 atom stereocenters. The van der Waals surface area contributed by atoms with E-state index in [-0.39, 0.29) is 30.4 Å². The van der Waals surface area contributed by atoms with E-state index in [1.54, 1.807) is 0 Å². The van der Waals surface area contributed by atoms with Crippen LogP contribution in [0.5, 0.6) is 0 Å². The quantitative estimate of drug-likeness (QED) is 0.619. The van der Waals surface area contributed by atoms with Crippen LogP contribution in [-0.4, -0.2) is 18.5 Å². The Hall–Kier alpha value is -1.62. The number of amides is 1. The lowest BCUT2D eigenvalue weighted by atomic mass is 10.1.